The van der Waals surface area contributed by atoms with Gasteiger partial charge in [0.05, 0.1) is 17.9 Å². The molecule has 2 N–H and O–H groups in total. The fraction of sp³-hybridized carbons (Fsp3) is 0.733. The predicted molar refractivity (Wildman–Crippen MR) is 87.1 cm³/mol. The Labute approximate surface area is 131 Å². The van der Waals surface area contributed by atoms with E-state index in [-0.39, 0.29) is 16.6 Å². The van der Waals surface area contributed by atoms with Crippen molar-refractivity contribution in [3.63, 3.8) is 0 Å². The first kappa shape index (κ1) is 16.3. The molecule has 0 bridgehead atoms. The minimum Gasteiger partial charge on any atom is -0.366 e. The summed E-state index contributed by atoms with van der Waals surface area (Å²) in [5.74, 6) is 0.466. The molecule has 1 saturated carbocycles. The second-order valence-electron chi connectivity index (χ2n) is 5.97. The van der Waals surface area contributed by atoms with Crippen molar-refractivity contribution in [2.24, 2.45) is 11.7 Å². The number of nitrogens with two attached hydrogens (primary N) is 1. The lowest BCUT2D eigenvalue weighted by Gasteiger charge is -2.34. The monoisotopic (exact) mass is 312 g/mol. The van der Waals surface area contributed by atoms with Gasteiger partial charge in [0.1, 0.15) is 5.02 Å². The van der Waals surface area contributed by atoms with Crippen molar-refractivity contribution >= 4 is 17.3 Å². The number of rotatable bonds is 5. The van der Waals surface area contributed by atoms with E-state index in [0.29, 0.717) is 18.5 Å². The summed E-state index contributed by atoms with van der Waals surface area (Å²) in [6.45, 7) is 7.39. The van der Waals surface area contributed by atoms with Crippen molar-refractivity contribution in [2.75, 3.05) is 18.0 Å². The molecule has 21 heavy (non-hydrogen) atoms. The highest BCUT2D eigenvalue weighted by Crippen LogP contribution is 2.34. The molecule has 6 heteroatoms. The Bertz CT molecular complexity index is 543. The molecule has 1 heterocycles. The maximum absolute atomic E-state index is 12.3. The molecule has 1 aliphatic rings. The maximum Gasteiger partial charge on any atom is 0.287 e. The molecule has 1 aromatic rings. The first-order valence-electron chi connectivity index (χ1n) is 7.75. The van der Waals surface area contributed by atoms with Crippen molar-refractivity contribution in [1.29, 1.82) is 0 Å². The number of hydrogen-bond donors (Lipinski definition) is 1. The molecule has 5 nitrogen and oxygen atoms in total. The average Bonchev–Trinajstić information content (AvgIpc) is 2.92. The van der Waals surface area contributed by atoms with Crippen molar-refractivity contribution in [3.05, 3.63) is 21.6 Å². The summed E-state index contributed by atoms with van der Waals surface area (Å²) in [5, 5.41) is 4.54. The van der Waals surface area contributed by atoms with Crippen LogP contribution in [0.1, 0.15) is 46.1 Å². The summed E-state index contributed by atoms with van der Waals surface area (Å²) in [7, 11) is 0. The van der Waals surface area contributed by atoms with Crippen molar-refractivity contribution in [2.45, 2.75) is 52.1 Å². The van der Waals surface area contributed by atoms with Crippen LogP contribution in [-0.2, 0) is 0 Å². The van der Waals surface area contributed by atoms with Gasteiger partial charge in [-0.2, -0.15) is 5.10 Å². The lowest BCUT2D eigenvalue weighted by Crippen LogP contribution is -2.41. The van der Waals surface area contributed by atoms with Crippen LogP contribution in [0.25, 0.3) is 0 Å². The number of hydrogen-bond acceptors (Lipinski definition) is 4. The summed E-state index contributed by atoms with van der Waals surface area (Å²) in [6.07, 6.45) is 5.14. The Morgan fingerprint density at radius 1 is 1.52 bits per heavy atom. The summed E-state index contributed by atoms with van der Waals surface area (Å²) >= 11 is 6.34. The Balaban J connectivity index is 2.39. The summed E-state index contributed by atoms with van der Waals surface area (Å²) in [5.41, 5.74) is 6.41. The predicted octanol–water partition coefficient (Wildman–Crippen LogP) is 2.43. The van der Waals surface area contributed by atoms with E-state index < -0.39 is 0 Å². The van der Waals surface area contributed by atoms with Crippen LogP contribution >= 0.6 is 11.6 Å². The number of halogens is 1. The van der Waals surface area contributed by atoms with Gasteiger partial charge in [0.25, 0.3) is 5.56 Å². The van der Waals surface area contributed by atoms with Crippen LogP contribution in [0.3, 0.4) is 0 Å². The zero-order chi connectivity index (χ0) is 15.6. The normalized spacial score (nSPS) is 22.0. The molecular weight excluding hydrogens is 288 g/mol. The van der Waals surface area contributed by atoms with Gasteiger partial charge in [0.2, 0.25) is 0 Å². The lowest BCUT2D eigenvalue weighted by atomic mass is 10.0. The Hall–Kier alpha value is -1.07. The van der Waals surface area contributed by atoms with Crippen LogP contribution < -0.4 is 16.2 Å². The Kier molecular flexibility index (Phi) is 5.27. The quantitative estimate of drug-likeness (QED) is 0.907. The van der Waals surface area contributed by atoms with E-state index in [1.807, 2.05) is 13.8 Å². The SMILES string of the molecule is CCN(c1cnn(C(C)C)c(=O)c1Cl)C1CCCC1CN. The minimum atomic E-state index is -0.218. The highest BCUT2D eigenvalue weighted by molar-refractivity contribution is 6.33. The van der Waals surface area contributed by atoms with E-state index in [0.717, 1.165) is 25.1 Å². The van der Waals surface area contributed by atoms with Crippen molar-refractivity contribution in [1.82, 2.24) is 9.78 Å². The number of aromatic nitrogens is 2. The van der Waals surface area contributed by atoms with E-state index in [1.54, 1.807) is 6.20 Å². The van der Waals surface area contributed by atoms with Gasteiger partial charge in [-0.15, -0.1) is 0 Å². The molecule has 2 atom stereocenters. The van der Waals surface area contributed by atoms with Crippen LogP contribution in [-0.4, -0.2) is 28.9 Å². The van der Waals surface area contributed by atoms with E-state index >= 15 is 0 Å². The van der Waals surface area contributed by atoms with Gasteiger partial charge in [-0.1, -0.05) is 18.0 Å². The van der Waals surface area contributed by atoms with Gasteiger partial charge in [-0.3, -0.25) is 4.79 Å². The first-order valence-corrected chi connectivity index (χ1v) is 8.13. The van der Waals surface area contributed by atoms with Crippen molar-refractivity contribution < 1.29 is 0 Å². The molecule has 0 radical (unpaired) electrons. The second-order valence-corrected chi connectivity index (χ2v) is 6.35. The molecule has 0 amide bonds. The van der Waals surface area contributed by atoms with Crippen LogP contribution in [0.5, 0.6) is 0 Å². The van der Waals surface area contributed by atoms with Crippen LogP contribution in [0.2, 0.25) is 5.02 Å². The molecule has 1 aliphatic carbocycles. The molecule has 0 spiro atoms. The van der Waals surface area contributed by atoms with E-state index in [9.17, 15) is 4.79 Å². The highest BCUT2D eigenvalue weighted by atomic mass is 35.5. The van der Waals surface area contributed by atoms with Crippen LogP contribution in [0.4, 0.5) is 5.69 Å². The first-order chi connectivity index (χ1) is 10.0. The molecule has 0 saturated heterocycles. The van der Waals surface area contributed by atoms with Crippen LogP contribution in [0.15, 0.2) is 11.0 Å². The van der Waals surface area contributed by atoms with E-state index in [1.165, 1.54) is 11.1 Å². The van der Waals surface area contributed by atoms with E-state index in [2.05, 4.69) is 16.9 Å². The smallest absolute Gasteiger partial charge is 0.287 e. The summed E-state index contributed by atoms with van der Waals surface area (Å²) in [6, 6.07) is 0.357. The Morgan fingerprint density at radius 2 is 2.24 bits per heavy atom. The van der Waals surface area contributed by atoms with Crippen molar-refractivity contribution in [3.8, 4) is 0 Å². The van der Waals surface area contributed by atoms with Gasteiger partial charge in [-0.25, -0.2) is 4.68 Å². The number of nitrogens with zero attached hydrogens (tertiary/aromatic N) is 3. The summed E-state index contributed by atoms with van der Waals surface area (Å²) in [4.78, 5) is 14.5. The van der Waals surface area contributed by atoms with Gasteiger partial charge >= 0.3 is 0 Å². The van der Waals surface area contributed by atoms with Gasteiger partial charge in [0.15, 0.2) is 0 Å². The molecule has 2 unspecified atom stereocenters. The molecule has 1 fully saturated rings. The van der Waals surface area contributed by atoms with Gasteiger partial charge in [-0.05, 0) is 46.1 Å². The third kappa shape index (κ3) is 3.09. The minimum absolute atomic E-state index is 0.00222. The molecule has 1 aromatic heterocycles. The average molecular weight is 313 g/mol. The standard InChI is InChI=1S/C15H25ClN4O/c1-4-19(12-7-5-6-11(12)8-17)13-9-18-20(10(2)3)15(21)14(13)16/h9-12H,4-8,17H2,1-3H3. The van der Waals surface area contributed by atoms with Gasteiger partial charge in [0, 0.05) is 12.6 Å². The highest BCUT2D eigenvalue weighted by Gasteiger charge is 2.32. The second kappa shape index (κ2) is 6.79. The Morgan fingerprint density at radius 3 is 2.81 bits per heavy atom. The fourth-order valence-corrected chi connectivity index (χ4v) is 3.53. The molecule has 2 rings (SSSR count). The van der Waals surface area contributed by atoms with E-state index in [4.69, 9.17) is 17.3 Å². The zero-order valence-electron chi connectivity index (χ0n) is 13.1. The third-order valence-electron chi connectivity index (χ3n) is 4.39. The van der Waals surface area contributed by atoms with Gasteiger partial charge < -0.3 is 10.6 Å². The topological polar surface area (TPSA) is 64.2 Å². The third-order valence-corrected chi connectivity index (χ3v) is 4.74. The maximum atomic E-state index is 12.3. The molecular formula is C15H25ClN4O. The summed E-state index contributed by atoms with van der Waals surface area (Å²) < 4.78 is 1.43. The molecule has 118 valence electrons. The fourth-order valence-electron chi connectivity index (χ4n) is 3.29. The molecule has 0 aliphatic heterocycles. The molecule has 0 aromatic carbocycles. The largest absolute Gasteiger partial charge is 0.366 e. The van der Waals surface area contributed by atoms with Crippen LogP contribution in [0, 0.1) is 5.92 Å². The zero-order valence-corrected chi connectivity index (χ0v) is 13.8. The number of anilines is 1. The lowest BCUT2D eigenvalue weighted by molar-refractivity contribution is 0.458.